The molecule has 126 valence electrons. The van der Waals surface area contributed by atoms with Crippen molar-refractivity contribution in [2.45, 2.75) is 0 Å². The second-order valence-corrected chi connectivity index (χ2v) is 5.90. The van der Waals surface area contributed by atoms with Crippen molar-refractivity contribution in [1.29, 1.82) is 0 Å². The highest BCUT2D eigenvalue weighted by Crippen LogP contribution is 2.35. The van der Waals surface area contributed by atoms with Crippen LogP contribution in [0.2, 0.25) is 0 Å². The zero-order chi connectivity index (χ0) is 17.6. The van der Waals surface area contributed by atoms with Gasteiger partial charge in [0, 0.05) is 25.5 Å². The Morgan fingerprint density at radius 1 is 1.20 bits per heavy atom. The van der Waals surface area contributed by atoms with Crippen LogP contribution in [0.15, 0.2) is 47.5 Å². The summed E-state index contributed by atoms with van der Waals surface area (Å²) < 4.78 is 7.40. The molecule has 0 radical (unpaired) electrons. The van der Waals surface area contributed by atoms with Gasteiger partial charge < -0.3 is 20.4 Å². The molecule has 0 saturated carbocycles. The van der Waals surface area contributed by atoms with Gasteiger partial charge in [-0.1, -0.05) is 23.8 Å². The Balaban J connectivity index is 1.73. The molecular formula is C17H17N7O. The lowest BCUT2D eigenvalue weighted by molar-refractivity contribution is 0.566. The lowest BCUT2D eigenvalue weighted by atomic mass is 10.1. The molecule has 3 aromatic rings. The fourth-order valence-electron chi connectivity index (χ4n) is 2.56. The summed E-state index contributed by atoms with van der Waals surface area (Å²) >= 11 is 0. The number of anilines is 3. The van der Waals surface area contributed by atoms with E-state index in [2.05, 4.69) is 27.2 Å². The van der Waals surface area contributed by atoms with E-state index < -0.39 is 0 Å². The van der Waals surface area contributed by atoms with Gasteiger partial charge in [0.25, 0.3) is 5.89 Å². The Morgan fingerprint density at radius 3 is 2.64 bits per heavy atom. The smallest absolute Gasteiger partial charge is 0.317 e. The van der Waals surface area contributed by atoms with Crippen molar-refractivity contribution in [2.75, 3.05) is 30.0 Å². The molecule has 3 N–H and O–H groups in total. The van der Waals surface area contributed by atoms with Crippen LogP contribution in [0.25, 0.3) is 22.8 Å². The minimum atomic E-state index is 0.392. The quantitative estimate of drug-likeness (QED) is 0.710. The molecular weight excluding hydrogens is 318 g/mol. The average molecular weight is 335 g/mol. The number of hydrogen-bond donors (Lipinski definition) is 2. The van der Waals surface area contributed by atoms with Gasteiger partial charge >= 0.3 is 6.01 Å². The number of nitrogens with one attached hydrogen (secondary N) is 1. The van der Waals surface area contributed by atoms with Crippen molar-refractivity contribution in [1.82, 2.24) is 20.0 Å². The summed E-state index contributed by atoms with van der Waals surface area (Å²) in [7, 11) is 3.68. The molecule has 0 amide bonds. The van der Waals surface area contributed by atoms with E-state index in [1.165, 1.54) is 0 Å². The van der Waals surface area contributed by atoms with Crippen LogP contribution in [0.5, 0.6) is 0 Å². The highest BCUT2D eigenvalue weighted by atomic mass is 16.4. The first-order chi connectivity index (χ1) is 12.0. The van der Waals surface area contributed by atoms with E-state index in [9.17, 15) is 0 Å². The van der Waals surface area contributed by atoms with Crippen LogP contribution in [0.1, 0.15) is 5.56 Å². The molecule has 4 rings (SSSR count). The SMILES string of the molecule is C=C1C=C(c2ccc(N)cc2)Nc2c(-c3nnc(N(C)C)o3)cnn21. The summed E-state index contributed by atoms with van der Waals surface area (Å²) in [6, 6.07) is 8.04. The fraction of sp³-hybridized carbons (Fsp3) is 0.118. The monoisotopic (exact) mass is 335 g/mol. The zero-order valence-electron chi connectivity index (χ0n) is 13.9. The standard InChI is InChI=1S/C17H17N7O/c1-10-8-14(11-4-6-12(18)7-5-11)20-15-13(9-19-24(10)15)16-21-22-17(25-16)23(2)3/h4-9,20H,1,18H2,2-3H3. The molecule has 1 aliphatic rings. The maximum Gasteiger partial charge on any atom is 0.317 e. The van der Waals surface area contributed by atoms with E-state index in [1.54, 1.807) is 15.8 Å². The van der Waals surface area contributed by atoms with Crippen molar-refractivity contribution >= 4 is 28.9 Å². The minimum absolute atomic E-state index is 0.392. The van der Waals surface area contributed by atoms with Crippen molar-refractivity contribution in [3.05, 3.63) is 48.7 Å². The first kappa shape index (κ1) is 15.0. The Morgan fingerprint density at radius 2 is 1.96 bits per heavy atom. The van der Waals surface area contributed by atoms with Gasteiger partial charge in [-0.15, -0.1) is 5.10 Å². The number of nitrogens with zero attached hydrogens (tertiary/aromatic N) is 5. The number of rotatable bonds is 3. The number of aromatic nitrogens is 4. The van der Waals surface area contributed by atoms with E-state index >= 15 is 0 Å². The summed E-state index contributed by atoms with van der Waals surface area (Å²) in [5, 5.41) is 15.9. The molecule has 8 nitrogen and oxygen atoms in total. The van der Waals surface area contributed by atoms with Crippen LogP contribution >= 0.6 is 0 Å². The molecule has 1 aromatic carbocycles. The van der Waals surface area contributed by atoms with Gasteiger partial charge in [-0.3, -0.25) is 0 Å². The van der Waals surface area contributed by atoms with E-state index in [0.717, 1.165) is 22.8 Å². The Bertz CT molecular complexity index is 979. The van der Waals surface area contributed by atoms with Gasteiger partial charge in [-0.2, -0.15) is 5.10 Å². The number of allylic oxidation sites excluding steroid dienone is 2. The van der Waals surface area contributed by atoms with Gasteiger partial charge in [0.1, 0.15) is 11.4 Å². The third-order valence-corrected chi connectivity index (χ3v) is 3.85. The van der Waals surface area contributed by atoms with Crippen LogP contribution in [-0.2, 0) is 0 Å². The van der Waals surface area contributed by atoms with Crippen molar-refractivity contribution < 1.29 is 4.42 Å². The molecule has 8 heteroatoms. The predicted molar refractivity (Wildman–Crippen MR) is 97.6 cm³/mol. The van der Waals surface area contributed by atoms with Gasteiger partial charge in [-0.05, 0) is 23.8 Å². The third kappa shape index (κ3) is 2.53. The number of fused-ring (bicyclic) bond motifs is 1. The van der Waals surface area contributed by atoms with Gasteiger partial charge in [0.15, 0.2) is 0 Å². The highest BCUT2D eigenvalue weighted by Gasteiger charge is 2.23. The molecule has 0 unspecified atom stereocenters. The third-order valence-electron chi connectivity index (χ3n) is 3.85. The van der Waals surface area contributed by atoms with E-state index in [1.807, 2.05) is 44.4 Å². The second-order valence-electron chi connectivity index (χ2n) is 5.90. The molecule has 2 aromatic heterocycles. The van der Waals surface area contributed by atoms with Gasteiger partial charge in [-0.25, -0.2) is 4.68 Å². The summed E-state index contributed by atoms with van der Waals surface area (Å²) in [6.07, 6.45) is 3.61. The lowest BCUT2D eigenvalue weighted by Crippen LogP contribution is -2.12. The van der Waals surface area contributed by atoms with Crippen LogP contribution in [-0.4, -0.2) is 34.1 Å². The number of benzene rings is 1. The lowest BCUT2D eigenvalue weighted by Gasteiger charge is -2.20. The van der Waals surface area contributed by atoms with Crippen LogP contribution in [0.4, 0.5) is 17.5 Å². The number of hydrogen-bond acceptors (Lipinski definition) is 7. The number of nitrogens with two attached hydrogens (primary N) is 1. The first-order valence-electron chi connectivity index (χ1n) is 7.66. The normalized spacial score (nSPS) is 13.2. The van der Waals surface area contributed by atoms with Crippen LogP contribution < -0.4 is 16.0 Å². The maximum absolute atomic E-state index is 5.77. The van der Waals surface area contributed by atoms with Crippen molar-refractivity contribution in [2.24, 2.45) is 0 Å². The highest BCUT2D eigenvalue weighted by molar-refractivity contribution is 5.91. The molecule has 0 bridgehead atoms. The second kappa shape index (κ2) is 5.52. The van der Waals surface area contributed by atoms with E-state index in [4.69, 9.17) is 10.2 Å². The molecule has 1 aliphatic heterocycles. The van der Waals surface area contributed by atoms with Crippen LogP contribution in [0.3, 0.4) is 0 Å². The Hall–Kier alpha value is -3.55. The van der Waals surface area contributed by atoms with E-state index in [-0.39, 0.29) is 0 Å². The van der Waals surface area contributed by atoms with Gasteiger partial charge in [0.2, 0.25) is 0 Å². The summed E-state index contributed by atoms with van der Waals surface area (Å²) in [5.74, 6) is 1.12. The van der Waals surface area contributed by atoms with Gasteiger partial charge in [0.05, 0.1) is 11.9 Å². The van der Waals surface area contributed by atoms with Crippen molar-refractivity contribution in [3.63, 3.8) is 0 Å². The average Bonchev–Trinajstić information content (AvgIpc) is 3.22. The molecule has 0 saturated heterocycles. The topological polar surface area (TPSA) is 98.0 Å². The first-order valence-corrected chi connectivity index (χ1v) is 7.66. The predicted octanol–water partition coefficient (Wildman–Crippen LogP) is 2.52. The molecule has 0 atom stereocenters. The molecule has 0 fully saturated rings. The molecule has 3 heterocycles. The largest absolute Gasteiger partial charge is 0.403 e. The summed E-state index contributed by atoms with van der Waals surface area (Å²) in [4.78, 5) is 1.75. The maximum atomic E-state index is 5.77. The van der Waals surface area contributed by atoms with E-state index in [0.29, 0.717) is 23.2 Å². The zero-order valence-corrected chi connectivity index (χ0v) is 13.9. The molecule has 25 heavy (non-hydrogen) atoms. The minimum Gasteiger partial charge on any atom is -0.403 e. The summed E-state index contributed by atoms with van der Waals surface area (Å²) in [5.41, 5.74) is 9.82. The Labute approximate surface area is 144 Å². The fourth-order valence-corrected chi connectivity index (χ4v) is 2.56. The van der Waals surface area contributed by atoms with Crippen LogP contribution in [0, 0.1) is 0 Å². The Kier molecular flexibility index (Phi) is 3.31. The summed E-state index contributed by atoms with van der Waals surface area (Å²) in [6.45, 7) is 4.07. The number of nitrogen functional groups attached to an aromatic ring is 1. The van der Waals surface area contributed by atoms with Crippen molar-refractivity contribution in [3.8, 4) is 11.5 Å². The molecule has 0 aliphatic carbocycles. The molecule has 0 spiro atoms.